The summed E-state index contributed by atoms with van der Waals surface area (Å²) in [6.45, 7) is -0.00632. The fourth-order valence-corrected chi connectivity index (χ4v) is 14.1. The van der Waals surface area contributed by atoms with Gasteiger partial charge in [-0.25, -0.2) is 24.9 Å². The van der Waals surface area contributed by atoms with Crippen LogP contribution in [-0.2, 0) is 0 Å². The number of anilines is 6. The minimum Gasteiger partial charge on any atom is -0.311 e. The van der Waals surface area contributed by atoms with E-state index >= 15 is 0 Å². The summed E-state index contributed by atoms with van der Waals surface area (Å²) in [6.07, 6.45) is 0. The van der Waals surface area contributed by atoms with Gasteiger partial charge in [0.1, 0.15) is 0 Å². The quantitative estimate of drug-likeness (QED) is 0.119. The van der Waals surface area contributed by atoms with Crippen LogP contribution in [0.5, 0.6) is 0 Å². The molecule has 0 saturated heterocycles. The summed E-state index contributed by atoms with van der Waals surface area (Å²) < 4.78 is 2.37. The van der Waals surface area contributed by atoms with Crippen LogP contribution in [0.15, 0.2) is 334 Å². The molecule has 9 heteroatoms. The van der Waals surface area contributed by atoms with Crippen molar-refractivity contribution in [2.45, 2.75) is 0 Å². The van der Waals surface area contributed by atoms with E-state index in [1.807, 2.05) is 66.7 Å². The summed E-state index contributed by atoms with van der Waals surface area (Å²) in [5.41, 5.74) is 24.9. The van der Waals surface area contributed by atoms with Gasteiger partial charge in [-0.1, -0.05) is 237 Å². The predicted octanol–water partition coefficient (Wildman–Crippen LogP) is 19.2. The van der Waals surface area contributed by atoms with Crippen molar-refractivity contribution in [3.05, 3.63) is 334 Å². The molecule has 5 heterocycles. The fourth-order valence-electron chi connectivity index (χ4n) is 14.1. The molecule has 438 valence electrons. The Morgan fingerprint density at radius 1 is 0.234 bits per heavy atom. The summed E-state index contributed by atoms with van der Waals surface area (Å²) in [4.78, 5) is 32.0. The van der Waals surface area contributed by atoms with Crippen LogP contribution < -0.4 is 26.2 Å². The normalized spacial score (nSPS) is 12.2. The summed E-state index contributed by atoms with van der Waals surface area (Å²) in [5.74, 6) is 2.23. The Labute approximate surface area is 544 Å². The van der Waals surface area contributed by atoms with E-state index in [0.717, 1.165) is 129 Å². The molecule has 2 aliphatic rings. The molecular formula is C85H55BN8. The predicted molar refractivity (Wildman–Crippen MR) is 387 cm³/mol. The summed E-state index contributed by atoms with van der Waals surface area (Å²) in [5, 5.41) is 2.28. The third-order valence-electron chi connectivity index (χ3n) is 18.4. The molecule has 18 rings (SSSR count). The highest BCUT2D eigenvalue weighted by molar-refractivity contribution is 7.00. The van der Waals surface area contributed by atoms with Crippen molar-refractivity contribution in [3.8, 4) is 96.0 Å². The number of fused-ring (bicyclic) bond motifs is 7. The Kier molecular flexibility index (Phi) is 13.1. The molecule has 0 fully saturated rings. The first-order valence-electron chi connectivity index (χ1n) is 31.8. The van der Waals surface area contributed by atoms with Crippen LogP contribution in [0.3, 0.4) is 0 Å². The van der Waals surface area contributed by atoms with E-state index in [1.165, 1.54) is 16.4 Å². The zero-order chi connectivity index (χ0) is 62.1. The van der Waals surface area contributed by atoms with Gasteiger partial charge in [0.2, 0.25) is 0 Å². The molecular weight excluding hydrogens is 1140 g/mol. The number of aromatic nitrogens is 6. The molecule has 0 saturated carbocycles. The lowest BCUT2D eigenvalue weighted by Crippen LogP contribution is -2.61. The van der Waals surface area contributed by atoms with Gasteiger partial charge in [-0.15, -0.1) is 0 Å². The van der Waals surface area contributed by atoms with Crippen molar-refractivity contribution in [2.24, 2.45) is 0 Å². The van der Waals surface area contributed by atoms with Crippen LogP contribution in [0.2, 0.25) is 0 Å². The highest BCUT2D eigenvalue weighted by Crippen LogP contribution is 2.47. The second kappa shape index (κ2) is 22.7. The Bertz CT molecular complexity index is 5400. The van der Waals surface area contributed by atoms with Gasteiger partial charge in [0, 0.05) is 78.3 Å². The third-order valence-corrected chi connectivity index (χ3v) is 18.4. The van der Waals surface area contributed by atoms with Crippen LogP contribution in [0.1, 0.15) is 0 Å². The van der Waals surface area contributed by atoms with Gasteiger partial charge in [-0.2, -0.15) is 0 Å². The van der Waals surface area contributed by atoms with Gasteiger partial charge in [0.05, 0.1) is 28.1 Å². The molecule has 0 amide bonds. The SMILES string of the molecule is c1ccc(-c2ccc3c(c2)c2ccccc2n3-c2ccc(-c3nc(-c4ccccc4)nc(-c4ccccc4)n3)cc2-c2nc(-c3ccccc3)cc(-c3cccc(-c4cc5c6c(c4)N(c4ccccc4)c4ccccc4B6c4ccccc4N5c4ccccc4)c3)n2)cc1. The van der Waals surface area contributed by atoms with Gasteiger partial charge < -0.3 is 14.4 Å². The van der Waals surface area contributed by atoms with E-state index in [0.29, 0.717) is 23.3 Å². The lowest BCUT2D eigenvalue weighted by molar-refractivity contribution is 1.07. The van der Waals surface area contributed by atoms with E-state index in [2.05, 4.69) is 281 Å². The lowest BCUT2D eigenvalue weighted by Gasteiger charge is -2.44. The average Bonchev–Trinajstić information content (AvgIpc) is 0.817. The highest BCUT2D eigenvalue weighted by Gasteiger charge is 2.43. The standard InChI is InChI=1S/C85H55BN8/c1-7-26-56(27-8-1)61-46-48-75-68(51-61)67-40-19-22-43-74(67)94(75)76-49-47-63(84-90-82(58-30-11-3-12-31-58)89-83(91-84)59-32-13-4-14-33-59)52-69(76)85-87-72(57-28-9-2-10-29-57)55-73(88-85)62-35-25-34-60(50-62)64-53-79-81-80(54-64)93(66-38-17-6-18-39-66)78-45-24-21-42-71(78)86(81)70-41-20-23-44-77(70)92(79)65-36-15-5-16-37-65/h1-55H. The number of nitrogens with zero attached hydrogens (tertiary/aromatic N) is 8. The molecule has 3 aromatic heterocycles. The minimum atomic E-state index is -0.00632. The molecule has 94 heavy (non-hydrogen) atoms. The van der Waals surface area contributed by atoms with Gasteiger partial charge in [0.25, 0.3) is 6.71 Å². The maximum atomic E-state index is 5.77. The summed E-state index contributed by atoms with van der Waals surface area (Å²) in [6, 6.07) is 119. The first kappa shape index (κ1) is 54.4. The topological polar surface area (TPSA) is 75.9 Å². The lowest BCUT2D eigenvalue weighted by atomic mass is 9.33. The van der Waals surface area contributed by atoms with E-state index in [9.17, 15) is 0 Å². The molecule has 0 atom stereocenters. The van der Waals surface area contributed by atoms with E-state index in [1.54, 1.807) is 0 Å². The number of hydrogen-bond acceptors (Lipinski definition) is 7. The molecule has 13 aromatic carbocycles. The third kappa shape index (κ3) is 9.36. The zero-order valence-corrected chi connectivity index (χ0v) is 50.9. The number of rotatable bonds is 11. The second-order valence-electron chi connectivity index (χ2n) is 24.0. The molecule has 0 N–H and O–H groups in total. The summed E-state index contributed by atoms with van der Waals surface area (Å²) in [7, 11) is 0. The van der Waals surface area contributed by atoms with Crippen LogP contribution in [0.4, 0.5) is 34.1 Å². The Balaban J connectivity index is 0.864. The van der Waals surface area contributed by atoms with Crippen LogP contribution >= 0.6 is 0 Å². The monoisotopic (exact) mass is 1200 g/mol. The highest BCUT2D eigenvalue weighted by atomic mass is 15.2. The maximum Gasteiger partial charge on any atom is 0.252 e. The molecule has 0 radical (unpaired) electrons. The molecule has 16 aromatic rings. The van der Waals surface area contributed by atoms with E-state index < -0.39 is 0 Å². The fraction of sp³-hybridized carbons (Fsp3) is 0. The zero-order valence-electron chi connectivity index (χ0n) is 50.9. The summed E-state index contributed by atoms with van der Waals surface area (Å²) >= 11 is 0. The van der Waals surface area contributed by atoms with Crippen molar-refractivity contribution in [3.63, 3.8) is 0 Å². The van der Waals surface area contributed by atoms with E-state index in [-0.39, 0.29) is 6.71 Å². The van der Waals surface area contributed by atoms with Crippen LogP contribution in [0, 0.1) is 0 Å². The van der Waals surface area contributed by atoms with Crippen LogP contribution in [0.25, 0.3) is 118 Å². The number of hydrogen-bond donors (Lipinski definition) is 0. The Hall–Kier alpha value is -12.6. The van der Waals surface area contributed by atoms with Crippen molar-refractivity contribution in [1.82, 2.24) is 29.5 Å². The number of para-hydroxylation sites is 5. The van der Waals surface area contributed by atoms with Crippen molar-refractivity contribution in [1.29, 1.82) is 0 Å². The second-order valence-corrected chi connectivity index (χ2v) is 24.0. The first-order chi connectivity index (χ1) is 46.6. The number of benzene rings is 13. The van der Waals surface area contributed by atoms with Crippen molar-refractivity contribution in [2.75, 3.05) is 9.80 Å². The molecule has 0 spiro atoms. The van der Waals surface area contributed by atoms with Gasteiger partial charge in [0.15, 0.2) is 23.3 Å². The molecule has 2 aliphatic heterocycles. The van der Waals surface area contributed by atoms with Crippen molar-refractivity contribution < 1.29 is 0 Å². The Morgan fingerprint density at radius 2 is 0.681 bits per heavy atom. The van der Waals surface area contributed by atoms with E-state index in [4.69, 9.17) is 24.9 Å². The van der Waals surface area contributed by atoms with Gasteiger partial charge >= 0.3 is 0 Å². The molecule has 0 aliphatic carbocycles. The maximum absolute atomic E-state index is 5.77. The molecule has 0 unspecified atom stereocenters. The van der Waals surface area contributed by atoms with Gasteiger partial charge in [-0.05, 0) is 136 Å². The minimum absolute atomic E-state index is 0.00632. The largest absolute Gasteiger partial charge is 0.311 e. The molecule has 0 bridgehead atoms. The van der Waals surface area contributed by atoms with Gasteiger partial charge in [-0.3, -0.25) is 0 Å². The van der Waals surface area contributed by atoms with Crippen LogP contribution in [-0.4, -0.2) is 36.2 Å². The smallest absolute Gasteiger partial charge is 0.252 e. The first-order valence-corrected chi connectivity index (χ1v) is 31.8. The molecule has 8 nitrogen and oxygen atoms in total. The van der Waals surface area contributed by atoms with Crippen molar-refractivity contribution >= 4 is 79.0 Å². The average molecular weight is 1200 g/mol. The Morgan fingerprint density at radius 3 is 1.28 bits per heavy atom.